The van der Waals surface area contributed by atoms with Crippen LogP contribution in [-0.2, 0) is 0 Å². The van der Waals surface area contributed by atoms with Gasteiger partial charge in [0.2, 0.25) is 0 Å². The minimum absolute atomic E-state index is 0. The van der Waals surface area contributed by atoms with Crippen molar-refractivity contribution in [2.75, 3.05) is 20.1 Å². The fraction of sp³-hybridized carbons (Fsp3) is 1.00. The van der Waals surface area contributed by atoms with E-state index in [1.165, 1.54) is 58.0 Å². The van der Waals surface area contributed by atoms with Gasteiger partial charge in [0.1, 0.15) is 0 Å². The van der Waals surface area contributed by atoms with Crippen molar-refractivity contribution in [2.24, 2.45) is 11.8 Å². The Hall–Kier alpha value is -0.0400. The molecule has 1 saturated carbocycles. The van der Waals surface area contributed by atoms with Crippen LogP contribution in [0.5, 0.6) is 0 Å². The summed E-state index contributed by atoms with van der Waals surface area (Å²) in [7, 11) is 2.29. The zero-order valence-corrected chi connectivity index (χ0v) is 8.97. The van der Waals surface area contributed by atoms with Crippen molar-refractivity contribution in [3.63, 3.8) is 0 Å². The molecule has 0 spiro atoms. The lowest BCUT2D eigenvalue weighted by Crippen LogP contribution is -2.36. The first kappa shape index (κ1) is 12.0. The monoisotopic (exact) mass is 197 g/mol. The number of nitrogens with zero attached hydrogens (tertiary/aromatic N) is 1. The summed E-state index contributed by atoms with van der Waals surface area (Å²) in [6.45, 7) is 2.72. The molecule has 0 radical (unpaired) electrons. The van der Waals surface area contributed by atoms with Gasteiger partial charge in [-0.1, -0.05) is 39.5 Å². The van der Waals surface area contributed by atoms with Gasteiger partial charge in [0.15, 0.2) is 0 Å². The average Bonchev–Trinajstić information content (AvgIpc) is 2.19. The van der Waals surface area contributed by atoms with Crippen LogP contribution in [0.25, 0.3) is 0 Å². The summed E-state index contributed by atoms with van der Waals surface area (Å²) in [5.74, 6) is 2.12. The quantitative estimate of drug-likeness (QED) is 0.621. The van der Waals surface area contributed by atoms with Gasteiger partial charge in [0, 0.05) is 6.54 Å². The van der Waals surface area contributed by atoms with E-state index in [1.54, 1.807) is 0 Å². The Kier molecular flexibility index (Phi) is 4.94. The van der Waals surface area contributed by atoms with Gasteiger partial charge in [0.25, 0.3) is 0 Å². The van der Waals surface area contributed by atoms with E-state index in [0.717, 1.165) is 11.8 Å². The standard InChI is InChI=1S/C12H23N.CH4/c1-13-9-5-8-12(10-13)11-6-3-2-4-7-11;/h11-12H,2-10H2,1H3;1H4. The van der Waals surface area contributed by atoms with E-state index in [-0.39, 0.29) is 7.43 Å². The molecular weight excluding hydrogens is 170 g/mol. The first-order valence-electron chi connectivity index (χ1n) is 6.05. The number of rotatable bonds is 1. The Morgan fingerprint density at radius 3 is 2.14 bits per heavy atom. The zero-order valence-electron chi connectivity index (χ0n) is 8.97. The Morgan fingerprint density at radius 2 is 1.50 bits per heavy atom. The highest BCUT2D eigenvalue weighted by Crippen LogP contribution is 2.34. The molecule has 0 aromatic heterocycles. The first-order valence-corrected chi connectivity index (χ1v) is 6.05. The molecule has 1 heteroatoms. The Bertz CT molecular complexity index is 149. The molecule has 2 fully saturated rings. The fourth-order valence-corrected chi connectivity index (χ4v) is 3.20. The predicted molar refractivity (Wildman–Crippen MR) is 63.5 cm³/mol. The predicted octanol–water partition coefficient (Wildman–Crippen LogP) is 3.54. The normalized spacial score (nSPS) is 31.1. The van der Waals surface area contributed by atoms with Crippen molar-refractivity contribution in [3.05, 3.63) is 0 Å². The molecule has 2 rings (SSSR count). The van der Waals surface area contributed by atoms with Crippen molar-refractivity contribution >= 4 is 0 Å². The van der Waals surface area contributed by atoms with Gasteiger partial charge < -0.3 is 4.90 Å². The van der Waals surface area contributed by atoms with Gasteiger partial charge >= 0.3 is 0 Å². The molecule has 0 N–H and O–H groups in total. The highest BCUT2D eigenvalue weighted by Gasteiger charge is 2.26. The topological polar surface area (TPSA) is 3.24 Å². The lowest BCUT2D eigenvalue weighted by molar-refractivity contribution is 0.134. The third-order valence-corrected chi connectivity index (χ3v) is 3.98. The summed E-state index contributed by atoms with van der Waals surface area (Å²) in [5, 5.41) is 0. The van der Waals surface area contributed by atoms with Crippen LogP contribution in [-0.4, -0.2) is 25.0 Å². The van der Waals surface area contributed by atoms with E-state index in [2.05, 4.69) is 11.9 Å². The number of hydrogen-bond acceptors (Lipinski definition) is 1. The van der Waals surface area contributed by atoms with Crippen LogP contribution in [0.1, 0.15) is 52.4 Å². The molecule has 0 amide bonds. The Labute approximate surface area is 89.9 Å². The Balaban J connectivity index is 0.000000980. The van der Waals surface area contributed by atoms with Crippen LogP contribution in [0, 0.1) is 11.8 Å². The summed E-state index contributed by atoms with van der Waals surface area (Å²) in [4.78, 5) is 2.53. The molecule has 14 heavy (non-hydrogen) atoms. The van der Waals surface area contributed by atoms with Gasteiger partial charge in [0.05, 0.1) is 0 Å². The first-order chi connectivity index (χ1) is 6.36. The molecule has 0 bridgehead atoms. The smallest absolute Gasteiger partial charge is 0.000926 e. The molecule has 1 aliphatic carbocycles. The minimum atomic E-state index is 0. The zero-order chi connectivity index (χ0) is 9.10. The van der Waals surface area contributed by atoms with E-state index in [0.29, 0.717) is 0 Å². The van der Waals surface area contributed by atoms with Crippen molar-refractivity contribution in [3.8, 4) is 0 Å². The summed E-state index contributed by atoms with van der Waals surface area (Å²) in [6, 6.07) is 0. The van der Waals surface area contributed by atoms with Crippen LogP contribution in [0.4, 0.5) is 0 Å². The SMILES string of the molecule is C.CN1CCCC(C2CCCCC2)C1. The van der Waals surface area contributed by atoms with Crippen LogP contribution in [0.2, 0.25) is 0 Å². The van der Waals surface area contributed by atoms with E-state index >= 15 is 0 Å². The van der Waals surface area contributed by atoms with Gasteiger partial charge in [-0.25, -0.2) is 0 Å². The fourth-order valence-electron chi connectivity index (χ4n) is 3.20. The second-order valence-electron chi connectivity index (χ2n) is 5.06. The minimum Gasteiger partial charge on any atom is -0.306 e. The third-order valence-electron chi connectivity index (χ3n) is 3.98. The van der Waals surface area contributed by atoms with Crippen molar-refractivity contribution in [2.45, 2.75) is 52.4 Å². The maximum atomic E-state index is 2.53. The maximum absolute atomic E-state index is 2.53. The molecule has 1 nitrogen and oxygen atoms in total. The lowest BCUT2D eigenvalue weighted by atomic mass is 9.77. The third kappa shape index (κ3) is 2.98. The van der Waals surface area contributed by atoms with Crippen LogP contribution in [0.15, 0.2) is 0 Å². The second-order valence-corrected chi connectivity index (χ2v) is 5.06. The molecule has 1 aliphatic heterocycles. The number of piperidine rings is 1. The average molecular weight is 197 g/mol. The van der Waals surface area contributed by atoms with Crippen molar-refractivity contribution in [1.82, 2.24) is 4.90 Å². The van der Waals surface area contributed by atoms with E-state index in [9.17, 15) is 0 Å². The molecule has 1 atom stereocenters. The number of hydrogen-bond donors (Lipinski definition) is 0. The summed E-state index contributed by atoms with van der Waals surface area (Å²) >= 11 is 0. The van der Waals surface area contributed by atoms with E-state index in [1.807, 2.05) is 0 Å². The van der Waals surface area contributed by atoms with Gasteiger partial charge in [-0.05, 0) is 38.3 Å². The van der Waals surface area contributed by atoms with E-state index < -0.39 is 0 Å². The van der Waals surface area contributed by atoms with Gasteiger partial charge in [-0.2, -0.15) is 0 Å². The second kappa shape index (κ2) is 5.75. The van der Waals surface area contributed by atoms with Crippen molar-refractivity contribution < 1.29 is 0 Å². The van der Waals surface area contributed by atoms with E-state index in [4.69, 9.17) is 0 Å². The van der Waals surface area contributed by atoms with Crippen LogP contribution >= 0.6 is 0 Å². The van der Waals surface area contributed by atoms with Crippen molar-refractivity contribution in [1.29, 1.82) is 0 Å². The molecular formula is C13H27N. The largest absolute Gasteiger partial charge is 0.306 e. The highest BCUT2D eigenvalue weighted by molar-refractivity contribution is 4.79. The molecule has 0 aromatic rings. The molecule has 0 aromatic carbocycles. The maximum Gasteiger partial charge on any atom is 0.000926 e. The summed E-state index contributed by atoms with van der Waals surface area (Å²) in [5.41, 5.74) is 0. The van der Waals surface area contributed by atoms with Crippen LogP contribution < -0.4 is 0 Å². The summed E-state index contributed by atoms with van der Waals surface area (Å²) in [6.07, 6.45) is 10.5. The highest BCUT2D eigenvalue weighted by atomic mass is 15.1. The van der Waals surface area contributed by atoms with Gasteiger partial charge in [-0.3, -0.25) is 0 Å². The Morgan fingerprint density at radius 1 is 0.857 bits per heavy atom. The molecule has 2 aliphatic rings. The summed E-state index contributed by atoms with van der Waals surface area (Å²) < 4.78 is 0. The lowest BCUT2D eigenvalue weighted by Gasteiger charge is -2.36. The number of likely N-dealkylation sites (tertiary alicyclic amines) is 1. The molecule has 84 valence electrons. The molecule has 1 saturated heterocycles. The molecule has 1 heterocycles. The van der Waals surface area contributed by atoms with Gasteiger partial charge in [-0.15, -0.1) is 0 Å². The van der Waals surface area contributed by atoms with Crippen LogP contribution in [0.3, 0.4) is 0 Å². The molecule has 1 unspecified atom stereocenters.